The fraction of sp³-hybridized carbons (Fsp3) is 0.500. The number of hydrogen-bond donors (Lipinski definition) is 2. The Morgan fingerprint density at radius 1 is 1.29 bits per heavy atom. The summed E-state index contributed by atoms with van der Waals surface area (Å²) < 4.78 is 15.3. The van der Waals surface area contributed by atoms with Gasteiger partial charge in [-0.25, -0.2) is 0 Å². The molecule has 1 rings (SSSR count). The van der Waals surface area contributed by atoms with Gasteiger partial charge in [0.2, 0.25) is 0 Å². The van der Waals surface area contributed by atoms with Crippen LogP contribution in [0.4, 0.5) is 5.69 Å². The zero-order chi connectivity index (χ0) is 15.5. The van der Waals surface area contributed by atoms with Crippen LogP contribution in [-0.2, 0) is 9.47 Å². The number of methoxy groups -OCH3 is 2. The summed E-state index contributed by atoms with van der Waals surface area (Å²) in [5, 5.41) is 3.49. The summed E-state index contributed by atoms with van der Waals surface area (Å²) >= 11 is 6.03. The molecule has 0 aliphatic rings. The van der Waals surface area contributed by atoms with Crippen LogP contribution in [0.5, 0.6) is 5.75 Å². The van der Waals surface area contributed by atoms with E-state index in [1.54, 1.807) is 26.4 Å². The number of anilines is 1. The van der Waals surface area contributed by atoms with Gasteiger partial charge in [-0.15, -0.1) is 0 Å². The van der Waals surface area contributed by atoms with Crippen molar-refractivity contribution in [3.05, 3.63) is 23.2 Å². The number of benzene rings is 1. The van der Waals surface area contributed by atoms with Crippen molar-refractivity contribution in [1.29, 1.82) is 0 Å². The average molecular weight is 316 g/mol. The second-order valence-electron chi connectivity index (χ2n) is 4.20. The predicted octanol–water partition coefficient (Wildman–Crippen LogP) is 2.13. The van der Waals surface area contributed by atoms with E-state index < -0.39 is 0 Å². The highest BCUT2D eigenvalue weighted by Gasteiger charge is 2.02. The Labute approximate surface area is 130 Å². The van der Waals surface area contributed by atoms with Crippen molar-refractivity contribution in [1.82, 2.24) is 0 Å². The second kappa shape index (κ2) is 10.3. The molecule has 0 saturated heterocycles. The van der Waals surface area contributed by atoms with Crippen molar-refractivity contribution in [2.75, 3.05) is 45.9 Å². The van der Waals surface area contributed by atoms with E-state index in [1.807, 2.05) is 6.07 Å². The van der Waals surface area contributed by atoms with Crippen LogP contribution in [0, 0.1) is 0 Å². The molecule has 0 aliphatic carbocycles. The van der Waals surface area contributed by atoms with E-state index in [-0.39, 0.29) is 0 Å². The first kappa shape index (κ1) is 17.6. The van der Waals surface area contributed by atoms with Crippen molar-refractivity contribution in [2.45, 2.75) is 6.42 Å². The van der Waals surface area contributed by atoms with Crippen molar-refractivity contribution in [2.24, 2.45) is 10.7 Å². The number of guanidine groups is 1. The molecule has 0 aromatic heterocycles. The summed E-state index contributed by atoms with van der Waals surface area (Å²) in [4.78, 5) is 4.21. The second-order valence-corrected chi connectivity index (χ2v) is 4.61. The quantitative estimate of drug-likeness (QED) is 0.414. The molecule has 118 valence electrons. The molecule has 0 atom stereocenters. The van der Waals surface area contributed by atoms with Gasteiger partial charge < -0.3 is 25.3 Å². The lowest BCUT2D eigenvalue weighted by Gasteiger charge is -2.08. The van der Waals surface area contributed by atoms with Crippen LogP contribution in [0.25, 0.3) is 0 Å². The zero-order valence-electron chi connectivity index (χ0n) is 12.4. The Balaban J connectivity index is 2.30. The van der Waals surface area contributed by atoms with Crippen LogP contribution in [0.3, 0.4) is 0 Å². The Morgan fingerprint density at radius 2 is 2.10 bits per heavy atom. The molecule has 0 bridgehead atoms. The molecule has 0 fully saturated rings. The molecule has 0 spiro atoms. The third kappa shape index (κ3) is 7.17. The smallest absolute Gasteiger partial charge is 0.193 e. The Hall–Kier alpha value is -1.50. The lowest BCUT2D eigenvalue weighted by atomic mass is 10.3. The summed E-state index contributed by atoms with van der Waals surface area (Å²) in [6, 6.07) is 5.32. The van der Waals surface area contributed by atoms with Crippen LogP contribution in [0.1, 0.15) is 6.42 Å². The monoisotopic (exact) mass is 315 g/mol. The molecule has 0 heterocycles. The first-order valence-electron chi connectivity index (χ1n) is 6.64. The van der Waals surface area contributed by atoms with E-state index in [0.717, 1.165) is 12.1 Å². The fourth-order valence-corrected chi connectivity index (χ4v) is 1.80. The number of halogens is 1. The van der Waals surface area contributed by atoms with Crippen LogP contribution in [0.2, 0.25) is 5.02 Å². The highest BCUT2D eigenvalue weighted by Crippen LogP contribution is 2.26. The Kier molecular flexibility index (Phi) is 8.57. The van der Waals surface area contributed by atoms with E-state index in [4.69, 9.17) is 31.5 Å². The standard InChI is InChI=1S/C14H22ClN3O3/c1-19-8-9-21-7-3-6-17-14(16)18-11-4-5-13(20-2)12(15)10-11/h4-5,10H,3,6-9H2,1-2H3,(H3,16,17,18). The van der Waals surface area contributed by atoms with Gasteiger partial charge in [0.05, 0.1) is 25.3 Å². The number of rotatable bonds is 9. The van der Waals surface area contributed by atoms with Gasteiger partial charge in [-0.3, -0.25) is 4.99 Å². The minimum absolute atomic E-state index is 0.341. The first-order chi connectivity index (χ1) is 10.2. The molecule has 1 aromatic carbocycles. The summed E-state index contributed by atoms with van der Waals surface area (Å²) in [6.07, 6.45) is 0.801. The molecule has 6 nitrogen and oxygen atoms in total. The number of nitrogens with one attached hydrogen (secondary N) is 1. The topological polar surface area (TPSA) is 78.1 Å². The highest BCUT2D eigenvalue weighted by atomic mass is 35.5. The Morgan fingerprint density at radius 3 is 2.76 bits per heavy atom. The number of ether oxygens (including phenoxy) is 3. The highest BCUT2D eigenvalue weighted by molar-refractivity contribution is 6.32. The normalized spacial score (nSPS) is 11.5. The number of nitrogens with two attached hydrogens (primary N) is 1. The number of aliphatic imine (C=N–C) groups is 1. The summed E-state index contributed by atoms with van der Waals surface area (Å²) in [6.45, 7) is 2.42. The maximum Gasteiger partial charge on any atom is 0.193 e. The molecule has 21 heavy (non-hydrogen) atoms. The first-order valence-corrected chi connectivity index (χ1v) is 7.02. The van der Waals surface area contributed by atoms with Crippen LogP contribution >= 0.6 is 11.6 Å². The summed E-state index contributed by atoms with van der Waals surface area (Å²) in [5.41, 5.74) is 6.55. The molecule has 1 aromatic rings. The fourth-order valence-electron chi connectivity index (χ4n) is 1.54. The van der Waals surface area contributed by atoms with Crippen LogP contribution in [0.15, 0.2) is 23.2 Å². The zero-order valence-corrected chi connectivity index (χ0v) is 13.2. The van der Waals surface area contributed by atoms with Crippen molar-refractivity contribution >= 4 is 23.2 Å². The van der Waals surface area contributed by atoms with Gasteiger partial charge >= 0.3 is 0 Å². The van der Waals surface area contributed by atoms with E-state index in [0.29, 0.717) is 43.1 Å². The molecule has 0 saturated carbocycles. The van der Waals surface area contributed by atoms with E-state index >= 15 is 0 Å². The van der Waals surface area contributed by atoms with Crippen molar-refractivity contribution < 1.29 is 14.2 Å². The maximum absolute atomic E-state index is 6.03. The van der Waals surface area contributed by atoms with E-state index in [9.17, 15) is 0 Å². The SMILES string of the molecule is COCCOCCCN=C(N)Nc1ccc(OC)c(Cl)c1. The Bertz CT molecular complexity index is 455. The van der Waals surface area contributed by atoms with Crippen LogP contribution in [-0.4, -0.2) is 46.5 Å². The molecule has 0 amide bonds. The molecular formula is C14H22ClN3O3. The van der Waals surface area contributed by atoms with Gasteiger partial charge in [0.15, 0.2) is 5.96 Å². The van der Waals surface area contributed by atoms with E-state index in [1.165, 1.54) is 0 Å². The van der Waals surface area contributed by atoms with Gasteiger partial charge in [0.1, 0.15) is 5.75 Å². The minimum Gasteiger partial charge on any atom is -0.495 e. The van der Waals surface area contributed by atoms with Crippen LogP contribution < -0.4 is 15.8 Å². The summed E-state index contributed by atoms with van der Waals surface area (Å²) in [7, 11) is 3.21. The molecular weight excluding hydrogens is 294 g/mol. The van der Waals surface area contributed by atoms with Crippen molar-refractivity contribution in [3.63, 3.8) is 0 Å². The third-order valence-corrected chi connectivity index (χ3v) is 2.88. The lowest BCUT2D eigenvalue weighted by molar-refractivity contribution is 0.0702. The van der Waals surface area contributed by atoms with E-state index in [2.05, 4.69) is 10.3 Å². The number of hydrogen-bond acceptors (Lipinski definition) is 4. The largest absolute Gasteiger partial charge is 0.495 e. The van der Waals surface area contributed by atoms with Gasteiger partial charge in [0.25, 0.3) is 0 Å². The van der Waals surface area contributed by atoms with Gasteiger partial charge in [-0.05, 0) is 24.6 Å². The predicted molar refractivity (Wildman–Crippen MR) is 85.4 cm³/mol. The van der Waals surface area contributed by atoms with Gasteiger partial charge in [-0.1, -0.05) is 11.6 Å². The maximum atomic E-state index is 6.03. The molecule has 0 aliphatic heterocycles. The molecule has 3 N–H and O–H groups in total. The van der Waals surface area contributed by atoms with Gasteiger partial charge in [-0.2, -0.15) is 0 Å². The molecule has 0 radical (unpaired) electrons. The molecule has 7 heteroatoms. The minimum atomic E-state index is 0.341. The number of nitrogens with zero attached hydrogens (tertiary/aromatic N) is 1. The average Bonchev–Trinajstić information content (AvgIpc) is 2.46. The third-order valence-electron chi connectivity index (χ3n) is 2.58. The van der Waals surface area contributed by atoms with Crippen molar-refractivity contribution in [3.8, 4) is 5.75 Å². The van der Waals surface area contributed by atoms with Gasteiger partial charge in [0, 0.05) is 25.9 Å². The lowest BCUT2D eigenvalue weighted by Crippen LogP contribution is -2.23. The summed E-state index contributed by atoms with van der Waals surface area (Å²) in [5.74, 6) is 0.957. The molecule has 0 unspecified atom stereocenters.